The summed E-state index contributed by atoms with van der Waals surface area (Å²) in [5, 5.41) is 7.82. The highest BCUT2D eigenvalue weighted by molar-refractivity contribution is 6.20. The second kappa shape index (κ2) is 6.13. The van der Waals surface area contributed by atoms with Crippen LogP contribution >= 0.6 is 11.6 Å². The summed E-state index contributed by atoms with van der Waals surface area (Å²) >= 11 is 5.92. The molecule has 0 aromatic carbocycles. The monoisotopic (exact) mass is 229 g/mol. The summed E-state index contributed by atoms with van der Waals surface area (Å²) in [5.74, 6) is 0. The molecule has 1 rings (SSSR count). The van der Waals surface area contributed by atoms with Crippen LogP contribution in [0.4, 0.5) is 0 Å². The first kappa shape index (κ1) is 12.5. The van der Waals surface area contributed by atoms with Crippen molar-refractivity contribution in [2.45, 2.75) is 38.1 Å². The number of halogens is 1. The van der Waals surface area contributed by atoms with E-state index in [2.05, 4.69) is 23.5 Å². The lowest BCUT2D eigenvalue weighted by atomic mass is 10.2. The van der Waals surface area contributed by atoms with Crippen molar-refractivity contribution >= 4 is 11.6 Å². The lowest BCUT2D eigenvalue weighted by Crippen LogP contribution is -2.29. The van der Waals surface area contributed by atoms with Crippen LogP contribution in [0, 0.1) is 0 Å². The average molecular weight is 230 g/mol. The molecule has 0 saturated carbocycles. The lowest BCUT2D eigenvalue weighted by molar-refractivity contribution is 0.515. The van der Waals surface area contributed by atoms with E-state index in [4.69, 9.17) is 11.6 Å². The molecule has 1 N–H and O–H groups in total. The second-order valence-corrected chi connectivity index (χ2v) is 4.89. The van der Waals surface area contributed by atoms with E-state index in [-0.39, 0.29) is 5.38 Å². The standard InChI is InChI=1S/C11H20ClN3/c1-9(12)6-10(2)13-5-4-11-7-14-15(3)8-11/h7-10,13H,4-6H2,1-3H3. The molecule has 0 aliphatic heterocycles. The fourth-order valence-electron chi connectivity index (χ4n) is 1.63. The van der Waals surface area contributed by atoms with Gasteiger partial charge >= 0.3 is 0 Å². The molecule has 1 heterocycles. The Labute approximate surface area is 96.8 Å². The van der Waals surface area contributed by atoms with Crippen LogP contribution in [0.25, 0.3) is 0 Å². The number of hydrogen-bond acceptors (Lipinski definition) is 2. The maximum absolute atomic E-state index is 5.92. The quantitative estimate of drug-likeness (QED) is 0.756. The molecule has 86 valence electrons. The Bertz CT molecular complexity index is 283. The molecule has 1 aromatic heterocycles. The smallest absolute Gasteiger partial charge is 0.0522 e. The minimum Gasteiger partial charge on any atom is -0.314 e. The fourth-order valence-corrected chi connectivity index (χ4v) is 1.90. The predicted octanol–water partition coefficient (Wildman–Crippen LogP) is 1.96. The first-order valence-electron chi connectivity index (χ1n) is 5.43. The number of aryl methyl sites for hydroxylation is 1. The van der Waals surface area contributed by atoms with Crippen LogP contribution in [0.5, 0.6) is 0 Å². The van der Waals surface area contributed by atoms with E-state index in [1.807, 2.05) is 24.9 Å². The summed E-state index contributed by atoms with van der Waals surface area (Å²) in [5.41, 5.74) is 1.27. The van der Waals surface area contributed by atoms with Crippen LogP contribution in [-0.2, 0) is 13.5 Å². The van der Waals surface area contributed by atoms with Gasteiger partial charge < -0.3 is 5.32 Å². The van der Waals surface area contributed by atoms with Crippen LogP contribution in [-0.4, -0.2) is 27.7 Å². The summed E-state index contributed by atoms with van der Waals surface area (Å²) < 4.78 is 1.83. The number of nitrogens with zero attached hydrogens (tertiary/aromatic N) is 2. The Morgan fingerprint density at radius 1 is 1.53 bits per heavy atom. The van der Waals surface area contributed by atoms with Gasteiger partial charge in [-0.2, -0.15) is 5.10 Å². The molecule has 0 aliphatic rings. The van der Waals surface area contributed by atoms with Gasteiger partial charge in [0.25, 0.3) is 0 Å². The maximum Gasteiger partial charge on any atom is 0.0522 e. The molecule has 2 unspecified atom stereocenters. The van der Waals surface area contributed by atoms with Crippen molar-refractivity contribution in [3.05, 3.63) is 18.0 Å². The van der Waals surface area contributed by atoms with Gasteiger partial charge in [-0.25, -0.2) is 0 Å². The van der Waals surface area contributed by atoms with Crippen LogP contribution in [0.15, 0.2) is 12.4 Å². The third-order valence-electron chi connectivity index (χ3n) is 2.34. The summed E-state index contributed by atoms with van der Waals surface area (Å²) in [6, 6.07) is 0.481. The molecule has 0 amide bonds. The number of aromatic nitrogens is 2. The number of alkyl halides is 1. The van der Waals surface area contributed by atoms with Gasteiger partial charge in [-0.3, -0.25) is 4.68 Å². The number of hydrogen-bond donors (Lipinski definition) is 1. The Morgan fingerprint density at radius 2 is 2.27 bits per heavy atom. The zero-order chi connectivity index (χ0) is 11.3. The SMILES string of the molecule is CC(Cl)CC(C)NCCc1cnn(C)c1. The van der Waals surface area contributed by atoms with Crippen LogP contribution in [0.3, 0.4) is 0 Å². The Morgan fingerprint density at radius 3 is 2.80 bits per heavy atom. The van der Waals surface area contributed by atoms with Crippen molar-refractivity contribution in [3.8, 4) is 0 Å². The summed E-state index contributed by atoms with van der Waals surface area (Å²) in [4.78, 5) is 0. The lowest BCUT2D eigenvalue weighted by Gasteiger charge is -2.14. The van der Waals surface area contributed by atoms with Gasteiger partial charge in [-0.1, -0.05) is 0 Å². The normalized spacial score (nSPS) is 15.2. The molecule has 15 heavy (non-hydrogen) atoms. The van der Waals surface area contributed by atoms with Crippen molar-refractivity contribution in [1.82, 2.24) is 15.1 Å². The highest BCUT2D eigenvalue weighted by Gasteiger charge is 2.05. The Hall–Kier alpha value is -0.540. The highest BCUT2D eigenvalue weighted by atomic mass is 35.5. The van der Waals surface area contributed by atoms with Gasteiger partial charge in [0.05, 0.1) is 6.20 Å². The Kier molecular flexibility index (Phi) is 5.12. The second-order valence-electron chi connectivity index (χ2n) is 4.14. The molecule has 0 radical (unpaired) electrons. The summed E-state index contributed by atoms with van der Waals surface area (Å²) in [6.45, 7) is 5.18. The topological polar surface area (TPSA) is 29.9 Å². The van der Waals surface area contributed by atoms with Crippen molar-refractivity contribution < 1.29 is 0 Å². The molecule has 2 atom stereocenters. The van der Waals surface area contributed by atoms with Crippen molar-refractivity contribution in [1.29, 1.82) is 0 Å². The van der Waals surface area contributed by atoms with Crippen molar-refractivity contribution in [3.63, 3.8) is 0 Å². The number of nitrogens with one attached hydrogen (secondary N) is 1. The average Bonchev–Trinajstić information content (AvgIpc) is 2.50. The van der Waals surface area contributed by atoms with E-state index < -0.39 is 0 Å². The van der Waals surface area contributed by atoms with Gasteiger partial charge in [0.1, 0.15) is 0 Å². The minimum atomic E-state index is 0.242. The molecule has 0 aliphatic carbocycles. The van der Waals surface area contributed by atoms with Gasteiger partial charge in [0.2, 0.25) is 0 Å². The first-order chi connectivity index (χ1) is 7.08. The van der Waals surface area contributed by atoms with Gasteiger partial charge in [0, 0.05) is 24.7 Å². The van der Waals surface area contributed by atoms with Crippen molar-refractivity contribution in [2.24, 2.45) is 7.05 Å². The third kappa shape index (κ3) is 5.19. The van der Waals surface area contributed by atoms with E-state index in [0.29, 0.717) is 6.04 Å². The molecule has 4 heteroatoms. The van der Waals surface area contributed by atoms with E-state index in [1.165, 1.54) is 5.56 Å². The van der Waals surface area contributed by atoms with E-state index in [1.54, 1.807) is 0 Å². The Balaban J connectivity index is 2.16. The maximum atomic E-state index is 5.92. The van der Waals surface area contributed by atoms with E-state index in [9.17, 15) is 0 Å². The third-order valence-corrected chi connectivity index (χ3v) is 2.52. The molecule has 0 bridgehead atoms. The first-order valence-corrected chi connectivity index (χ1v) is 5.86. The van der Waals surface area contributed by atoms with Crippen LogP contribution < -0.4 is 5.32 Å². The molecule has 0 fully saturated rings. The molecular formula is C11H20ClN3. The molecule has 0 saturated heterocycles. The van der Waals surface area contributed by atoms with Crippen LogP contribution in [0.2, 0.25) is 0 Å². The molecule has 1 aromatic rings. The molecule has 0 spiro atoms. The van der Waals surface area contributed by atoms with E-state index in [0.717, 1.165) is 19.4 Å². The molecule has 3 nitrogen and oxygen atoms in total. The van der Waals surface area contributed by atoms with Crippen molar-refractivity contribution in [2.75, 3.05) is 6.54 Å². The van der Waals surface area contributed by atoms with Crippen LogP contribution in [0.1, 0.15) is 25.8 Å². The van der Waals surface area contributed by atoms with Gasteiger partial charge in [-0.05, 0) is 38.8 Å². The minimum absolute atomic E-state index is 0.242. The summed E-state index contributed by atoms with van der Waals surface area (Å²) in [7, 11) is 1.94. The zero-order valence-corrected chi connectivity index (χ0v) is 10.5. The largest absolute Gasteiger partial charge is 0.314 e. The van der Waals surface area contributed by atoms with E-state index >= 15 is 0 Å². The summed E-state index contributed by atoms with van der Waals surface area (Å²) in [6.07, 6.45) is 6.00. The zero-order valence-electron chi connectivity index (χ0n) is 9.70. The number of rotatable bonds is 6. The van der Waals surface area contributed by atoms with Gasteiger partial charge in [-0.15, -0.1) is 11.6 Å². The van der Waals surface area contributed by atoms with Gasteiger partial charge in [0.15, 0.2) is 0 Å². The fraction of sp³-hybridized carbons (Fsp3) is 0.727. The predicted molar refractivity (Wildman–Crippen MR) is 64.3 cm³/mol. The molecular weight excluding hydrogens is 210 g/mol. The highest BCUT2D eigenvalue weighted by Crippen LogP contribution is 2.04.